The van der Waals surface area contributed by atoms with Gasteiger partial charge < -0.3 is 4.74 Å². The molecule has 1 aliphatic rings. The maximum Gasteiger partial charge on any atom is 0.256 e. The molecule has 1 N–H and O–H groups in total. The number of carbonyl (C=O) groups is 1. The molecule has 2 aromatic rings. The third kappa shape index (κ3) is 3.14. The van der Waals surface area contributed by atoms with E-state index in [0.717, 1.165) is 27.2 Å². The second kappa shape index (κ2) is 5.95. The van der Waals surface area contributed by atoms with Crippen LogP contribution >= 0.6 is 27.3 Å². The first-order valence-electron chi connectivity index (χ1n) is 6.42. The first kappa shape index (κ1) is 14.2. The van der Waals surface area contributed by atoms with Crippen molar-refractivity contribution in [3.63, 3.8) is 0 Å². The number of halogens is 1. The molecule has 0 atom stereocenters. The van der Waals surface area contributed by atoms with E-state index < -0.39 is 0 Å². The van der Waals surface area contributed by atoms with E-state index in [0.29, 0.717) is 10.7 Å². The lowest BCUT2D eigenvalue weighted by atomic mass is 10.1. The van der Waals surface area contributed by atoms with Crippen LogP contribution in [0.3, 0.4) is 0 Å². The number of hydrogen-bond acceptors (Lipinski definition) is 5. The number of nitrogens with one attached hydrogen (secondary N) is 1. The molecule has 2 heterocycles. The number of carbonyl (C=O) groups excluding carboxylic acids is 1. The number of aryl methyl sites for hydroxylation is 1. The Kier molecular flexibility index (Phi) is 4.03. The van der Waals surface area contributed by atoms with Crippen molar-refractivity contribution in [3.05, 3.63) is 38.8 Å². The van der Waals surface area contributed by atoms with Gasteiger partial charge >= 0.3 is 0 Å². The van der Waals surface area contributed by atoms with Crippen LogP contribution in [0, 0.1) is 0 Å². The SMILES string of the molecule is CCc1nnc(NC(=O)C2=Cc3cc(Br)ccc3OC2)s1. The van der Waals surface area contributed by atoms with Crippen molar-refractivity contribution >= 4 is 44.4 Å². The lowest BCUT2D eigenvalue weighted by Gasteiger charge is -2.17. The molecule has 0 spiro atoms. The number of amides is 1. The fourth-order valence-electron chi connectivity index (χ4n) is 1.90. The summed E-state index contributed by atoms with van der Waals surface area (Å²) < 4.78 is 6.54. The molecule has 1 aromatic heterocycles. The fraction of sp³-hybridized carbons (Fsp3) is 0.214. The number of benzene rings is 1. The van der Waals surface area contributed by atoms with E-state index in [1.54, 1.807) is 0 Å². The molecule has 0 unspecified atom stereocenters. The number of fused-ring (bicyclic) bond motifs is 1. The summed E-state index contributed by atoms with van der Waals surface area (Å²) in [7, 11) is 0. The van der Waals surface area contributed by atoms with Gasteiger partial charge in [-0.15, -0.1) is 10.2 Å². The van der Waals surface area contributed by atoms with Gasteiger partial charge in [0.2, 0.25) is 5.13 Å². The van der Waals surface area contributed by atoms with Crippen molar-refractivity contribution in [2.24, 2.45) is 0 Å². The van der Waals surface area contributed by atoms with E-state index in [2.05, 4.69) is 31.4 Å². The summed E-state index contributed by atoms with van der Waals surface area (Å²) in [5.41, 5.74) is 1.45. The second-order valence-electron chi connectivity index (χ2n) is 4.45. The average molecular weight is 366 g/mol. The zero-order valence-corrected chi connectivity index (χ0v) is 13.6. The third-order valence-electron chi connectivity index (χ3n) is 2.97. The zero-order valence-electron chi connectivity index (χ0n) is 11.2. The Balaban J connectivity index is 1.79. The molecular formula is C14H12BrN3O2S. The molecule has 1 amide bonds. The zero-order chi connectivity index (χ0) is 14.8. The number of anilines is 1. The first-order chi connectivity index (χ1) is 10.2. The Morgan fingerprint density at radius 2 is 2.33 bits per heavy atom. The van der Waals surface area contributed by atoms with Gasteiger partial charge in [0.15, 0.2) is 0 Å². The van der Waals surface area contributed by atoms with Gasteiger partial charge in [0.25, 0.3) is 5.91 Å². The number of nitrogens with zero attached hydrogens (tertiary/aromatic N) is 2. The number of aromatic nitrogens is 2. The Labute approximate surface area is 134 Å². The lowest BCUT2D eigenvalue weighted by molar-refractivity contribution is -0.113. The van der Waals surface area contributed by atoms with Crippen LogP contribution in [0.25, 0.3) is 6.08 Å². The highest BCUT2D eigenvalue weighted by molar-refractivity contribution is 9.10. The van der Waals surface area contributed by atoms with Crippen LogP contribution in [0.4, 0.5) is 5.13 Å². The minimum atomic E-state index is -0.209. The minimum Gasteiger partial charge on any atom is -0.488 e. The van der Waals surface area contributed by atoms with Crippen LogP contribution in [-0.2, 0) is 11.2 Å². The van der Waals surface area contributed by atoms with Crippen LogP contribution in [0.2, 0.25) is 0 Å². The van der Waals surface area contributed by atoms with Crippen LogP contribution in [0.5, 0.6) is 5.75 Å². The summed E-state index contributed by atoms with van der Waals surface area (Å²) in [6.07, 6.45) is 2.64. The predicted octanol–water partition coefficient (Wildman–Crippen LogP) is 3.28. The maximum atomic E-state index is 12.2. The largest absolute Gasteiger partial charge is 0.488 e. The minimum absolute atomic E-state index is 0.209. The molecule has 21 heavy (non-hydrogen) atoms. The molecule has 7 heteroatoms. The molecule has 0 radical (unpaired) electrons. The van der Waals surface area contributed by atoms with Crippen molar-refractivity contribution in [2.45, 2.75) is 13.3 Å². The molecular weight excluding hydrogens is 354 g/mol. The quantitative estimate of drug-likeness (QED) is 0.906. The molecule has 0 aliphatic carbocycles. The highest BCUT2D eigenvalue weighted by Crippen LogP contribution is 2.29. The summed E-state index contributed by atoms with van der Waals surface area (Å²) in [5, 5.41) is 12.1. The monoisotopic (exact) mass is 365 g/mol. The summed E-state index contributed by atoms with van der Waals surface area (Å²) >= 11 is 4.79. The normalized spacial score (nSPS) is 13.1. The summed E-state index contributed by atoms with van der Waals surface area (Å²) in [5.74, 6) is 0.568. The molecule has 0 bridgehead atoms. The van der Waals surface area contributed by atoms with Crippen LogP contribution in [-0.4, -0.2) is 22.7 Å². The fourth-order valence-corrected chi connectivity index (χ4v) is 2.96. The van der Waals surface area contributed by atoms with Crippen LogP contribution in [0.15, 0.2) is 28.2 Å². The number of ether oxygens (including phenoxy) is 1. The van der Waals surface area contributed by atoms with Gasteiger partial charge in [-0.25, -0.2) is 0 Å². The van der Waals surface area contributed by atoms with E-state index in [1.165, 1.54) is 11.3 Å². The van der Waals surface area contributed by atoms with E-state index in [1.807, 2.05) is 31.2 Å². The van der Waals surface area contributed by atoms with Crippen molar-refractivity contribution < 1.29 is 9.53 Å². The molecule has 0 fully saturated rings. The van der Waals surface area contributed by atoms with Crippen molar-refractivity contribution in [2.75, 3.05) is 11.9 Å². The molecule has 3 rings (SSSR count). The smallest absolute Gasteiger partial charge is 0.256 e. The molecule has 108 valence electrons. The topological polar surface area (TPSA) is 64.1 Å². The van der Waals surface area contributed by atoms with Gasteiger partial charge in [0, 0.05) is 10.0 Å². The van der Waals surface area contributed by atoms with Crippen molar-refractivity contribution in [1.29, 1.82) is 0 Å². The van der Waals surface area contributed by atoms with E-state index in [-0.39, 0.29) is 12.5 Å². The number of hydrogen-bond donors (Lipinski definition) is 1. The van der Waals surface area contributed by atoms with Gasteiger partial charge in [-0.05, 0) is 30.7 Å². The predicted molar refractivity (Wildman–Crippen MR) is 85.5 cm³/mol. The van der Waals surface area contributed by atoms with E-state index in [4.69, 9.17) is 4.74 Å². The molecule has 5 nitrogen and oxygen atoms in total. The standard InChI is InChI=1S/C14H12BrN3O2S/c1-2-12-17-18-14(21-12)16-13(19)9-5-8-6-10(15)3-4-11(8)20-7-9/h3-6H,2,7H2,1H3,(H,16,18,19). The third-order valence-corrected chi connectivity index (χ3v) is 4.44. The van der Waals surface area contributed by atoms with E-state index >= 15 is 0 Å². The second-order valence-corrected chi connectivity index (χ2v) is 6.43. The van der Waals surface area contributed by atoms with Gasteiger partial charge in [0.1, 0.15) is 17.4 Å². The first-order valence-corrected chi connectivity index (χ1v) is 8.03. The average Bonchev–Trinajstić information content (AvgIpc) is 2.94. The lowest BCUT2D eigenvalue weighted by Crippen LogP contribution is -2.21. The van der Waals surface area contributed by atoms with Gasteiger partial charge in [-0.1, -0.05) is 34.2 Å². The summed E-state index contributed by atoms with van der Waals surface area (Å²) in [6.45, 7) is 2.25. The highest BCUT2D eigenvalue weighted by atomic mass is 79.9. The van der Waals surface area contributed by atoms with E-state index in [9.17, 15) is 4.79 Å². The van der Waals surface area contributed by atoms with Crippen LogP contribution < -0.4 is 10.1 Å². The Bertz CT molecular complexity index is 727. The Hall–Kier alpha value is -1.73. The maximum absolute atomic E-state index is 12.2. The molecule has 1 aromatic carbocycles. The molecule has 0 saturated carbocycles. The summed E-state index contributed by atoms with van der Waals surface area (Å²) in [6, 6.07) is 5.70. The Morgan fingerprint density at radius 3 is 3.10 bits per heavy atom. The summed E-state index contributed by atoms with van der Waals surface area (Å²) in [4.78, 5) is 12.2. The van der Waals surface area contributed by atoms with Crippen molar-refractivity contribution in [3.8, 4) is 5.75 Å². The van der Waals surface area contributed by atoms with Gasteiger partial charge in [-0.3, -0.25) is 10.1 Å². The van der Waals surface area contributed by atoms with Crippen LogP contribution in [0.1, 0.15) is 17.5 Å². The molecule has 0 saturated heterocycles. The molecule has 1 aliphatic heterocycles. The van der Waals surface area contributed by atoms with Gasteiger partial charge in [-0.2, -0.15) is 0 Å². The van der Waals surface area contributed by atoms with Gasteiger partial charge in [0.05, 0.1) is 5.57 Å². The van der Waals surface area contributed by atoms with Crippen molar-refractivity contribution in [1.82, 2.24) is 10.2 Å². The number of rotatable bonds is 3. The Morgan fingerprint density at radius 1 is 1.48 bits per heavy atom. The highest BCUT2D eigenvalue weighted by Gasteiger charge is 2.18.